The molecule has 0 aromatic heterocycles. The normalized spacial score (nSPS) is 13.3. The number of carbonyl (C=O) groups is 2. The summed E-state index contributed by atoms with van der Waals surface area (Å²) in [5.41, 5.74) is 8.64. The lowest BCUT2D eigenvalue weighted by Crippen LogP contribution is -2.30. The van der Waals surface area contributed by atoms with E-state index in [1.165, 1.54) is 0 Å². The molecule has 0 saturated carbocycles. The monoisotopic (exact) mass is 355 g/mol. The zero-order valence-corrected chi connectivity index (χ0v) is 14.4. The number of para-hydroxylation sites is 2. The number of nitrogen functional groups attached to an aromatic ring is 1. The summed E-state index contributed by atoms with van der Waals surface area (Å²) in [6, 6.07) is 23.4. The molecule has 5 heteroatoms. The Balaban J connectivity index is 1.85. The third-order valence-corrected chi connectivity index (χ3v) is 4.36. The van der Waals surface area contributed by atoms with Crippen LogP contribution in [-0.2, 0) is 0 Å². The highest BCUT2D eigenvalue weighted by Gasteiger charge is 2.34. The van der Waals surface area contributed by atoms with Crippen LogP contribution in [0.25, 0.3) is 0 Å². The van der Waals surface area contributed by atoms with Crippen molar-refractivity contribution in [2.75, 3.05) is 16.4 Å². The van der Waals surface area contributed by atoms with E-state index < -0.39 is 0 Å². The van der Waals surface area contributed by atoms with E-state index in [1.807, 2.05) is 60.7 Å². The van der Waals surface area contributed by atoms with E-state index in [-0.39, 0.29) is 34.2 Å². The lowest BCUT2D eigenvalue weighted by molar-refractivity contribution is 0.0977. The van der Waals surface area contributed by atoms with E-state index in [4.69, 9.17) is 5.73 Å². The number of Topliss-reactive ketones (excluding diaryl/α,β-unsaturated/α-hetero) is 2. The highest BCUT2D eigenvalue weighted by Crippen LogP contribution is 2.31. The summed E-state index contributed by atoms with van der Waals surface area (Å²) in [7, 11) is 0. The number of anilines is 3. The number of carbonyl (C=O) groups excluding carboxylic acids is 2. The SMILES string of the molecule is Nc1cccc2c1C(=O)C(Nc1ccccc1)=C(Nc1ccccc1)C2=O. The summed E-state index contributed by atoms with van der Waals surface area (Å²) in [6.07, 6.45) is 0. The Morgan fingerprint density at radius 1 is 0.593 bits per heavy atom. The van der Waals surface area contributed by atoms with Gasteiger partial charge in [0, 0.05) is 22.6 Å². The largest absolute Gasteiger partial charge is 0.398 e. The first-order valence-corrected chi connectivity index (χ1v) is 8.51. The van der Waals surface area contributed by atoms with E-state index in [2.05, 4.69) is 10.6 Å². The molecule has 0 aliphatic heterocycles. The molecular weight excluding hydrogens is 338 g/mol. The molecule has 0 bridgehead atoms. The predicted molar refractivity (Wildman–Crippen MR) is 107 cm³/mol. The van der Waals surface area contributed by atoms with Crippen molar-refractivity contribution in [2.24, 2.45) is 0 Å². The van der Waals surface area contributed by atoms with Gasteiger partial charge in [-0.15, -0.1) is 0 Å². The second-order valence-electron chi connectivity index (χ2n) is 6.16. The number of ketones is 2. The Labute approximate surface area is 156 Å². The molecule has 132 valence electrons. The standard InChI is InChI=1S/C22H17N3O2/c23-17-13-7-12-16-18(17)22(27)20(25-15-10-5-2-6-11-15)19(21(16)26)24-14-8-3-1-4-9-14/h1-13,24-25H,23H2. The van der Waals surface area contributed by atoms with Crippen LogP contribution < -0.4 is 16.4 Å². The van der Waals surface area contributed by atoms with Gasteiger partial charge in [0.1, 0.15) is 11.4 Å². The summed E-state index contributed by atoms with van der Waals surface area (Å²) >= 11 is 0. The minimum absolute atomic E-state index is 0.181. The van der Waals surface area contributed by atoms with Gasteiger partial charge in [0.15, 0.2) is 0 Å². The quantitative estimate of drug-likeness (QED) is 0.614. The summed E-state index contributed by atoms with van der Waals surface area (Å²) in [6.45, 7) is 0. The van der Waals surface area contributed by atoms with Gasteiger partial charge in [-0.2, -0.15) is 0 Å². The molecule has 0 spiro atoms. The fourth-order valence-corrected chi connectivity index (χ4v) is 3.07. The van der Waals surface area contributed by atoms with E-state index >= 15 is 0 Å². The van der Waals surface area contributed by atoms with Gasteiger partial charge in [-0.3, -0.25) is 9.59 Å². The number of nitrogens with two attached hydrogens (primary N) is 1. The van der Waals surface area contributed by atoms with Crippen LogP contribution in [0.5, 0.6) is 0 Å². The van der Waals surface area contributed by atoms with Crippen molar-refractivity contribution in [3.8, 4) is 0 Å². The number of hydrogen-bond acceptors (Lipinski definition) is 5. The van der Waals surface area contributed by atoms with E-state index in [9.17, 15) is 9.59 Å². The van der Waals surface area contributed by atoms with Crippen molar-refractivity contribution in [3.63, 3.8) is 0 Å². The van der Waals surface area contributed by atoms with Crippen molar-refractivity contribution >= 4 is 28.6 Å². The van der Waals surface area contributed by atoms with Crippen LogP contribution in [0.3, 0.4) is 0 Å². The molecule has 5 nitrogen and oxygen atoms in total. The number of fused-ring (bicyclic) bond motifs is 1. The Morgan fingerprint density at radius 3 is 1.67 bits per heavy atom. The molecule has 1 aliphatic carbocycles. The fraction of sp³-hybridized carbons (Fsp3) is 0. The van der Waals surface area contributed by atoms with Crippen LogP contribution in [0.4, 0.5) is 17.1 Å². The second-order valence-corrected chi connectivity index (χ2v) is 6.16. The van der Waals surface area contributed by atoms with Gasteiger partial charge >= 0.3 is 0 Å². The predicted octanol–water partition coefficient (Wildman–Crippen LogP) is 4.08. The Bertz CT molecular complexity index is 1060. The lowest BCUT2D eigenvalue weighted by atomic mass is 9.88. The molecule has 0 amide bonds. The lowest BCUT2D eigenvalue weighted by Gasteiger charge is -2.24. The van der Waals surface area contributed by atoms with Gasteiger partial charge in [-0.25, -0.2) is 0 Å². The van der Waals surface area contributed by atoms with Gasteiger partial charge in [-0.05, 0) is 30.3 Å². The van der Waals surface area contributed by atoms with Crippen LogP contribution >= 0.6 is 0 Å². The van der Waals surface area contributed by atoms with E-state index in [1.54, 1.807) is 18.2 Å². The van der Waals surface area contributed by atoms with Crippen molar-refractivity contribution in [3.05, 3.63) is 101 Å². The second kappa shape index (κ2) is 6.80. The molecule has 3 aromatic rings. The van der Waals surface area contributed by atoms with Crippen LogP contribution in [0.15, 0.2) is 90.3 Å². The van der Waals surface area contributed by atoms with Crippen LogP contribution in [0.1, 0.15) is 20.7 Å². The molecule has 4 N–H and O–H groups in total. The van der Waals surface area contributed by atoms with E-state index in [0.717, 1.165) is 0 Å². The summed E-state index contributed by atoms with van der Waals surface area (Å²) < 4.78 is 0. The first-order valence-electron chi connectivity index (χ1n) is 8.51. The first kappa shape index (κ1) is 16.6. The molecule has 0 atom stereocenters. The summed E-state index contributed by atoms with van der Waals surface area (Å²) in [5.74, 6) is -0.593. The van der Waals surface area contributed by atoms with Crippen LogP contribution in [0, 0.1) is 0 Å². The maximum Gasteiger partial charge on any atom is 0.214 e. The zero-order chi connectivity index (χ0) is 18.8. The first-order chi connectivity index (χ1) is 13.1. The summed E-state index contributed by atoms with van der Waals surface area (Å²) in [5, 5.41) is 6.19. The maximum absolute atomic E-state index is 13.2. The summed E-state index contributed by atoms with van der Waals surface area (Å²) in [4.78, 5) is 26.3. The Morgan fingerprint density at radius 2 is 1.11 bits per heavy atom. The molecule has 0 radical (unpaired) electrons. The Kier molecular flexibility index (Phi) is 4.18. The van der Waals surface area contributed by atoms with Crippen molar-refractivity contribution < 1.29 is 9.59 Å². The van der Waals surface area contributed by atoms with Gasteiger partial charge in [-0.1, -0.05) is 48.5 Å². The highest BCUT2D eigenvalue weighted by atomic mass is 16.1. The molecule has 4 rings (SSSR count). The minimum atomic E-state index is -0.315. The molecular formula is C22H17N3O2. The average Bonchev–Trinajstić information content (AvgIpc) is 2.70. The molecule has 0 unspecified atom stereocenters. The molecule has 3 aromatic carbocycles. The molecule has 0 heterocycles. The van der Waals surface area contributed by atoms with E-state index in [0.29, 0.717) is 16.9 Å². The van der Waals surface area contributed by atoms with Gasteiger partial charge in [0.05, 0.1) is 5.56 Å². The molecule has 0 saturated heterocycles. The van der Waals surface area contributed by atoms with Crippen molar-refractivity contribution in [1.82, 2.24) is 0 Å². The average molecular weight is 355 g/mol. The number of benzene rings is 3. The maximum atomic E-state index is 13.2. The third-order valence-electron chi connectivity index (χ3n) is 4.36. The molecule has 27 heavy (non-hydrogen) atoms. The molecule has 0 fully saturated rings. The Hall–Kier alpha value is -3.86. The number of rotatable bonds is 4. The number of hydrogen-bond donors (Lipinski definition) is 3. The smallest absolute Gasteiger partial charge is 0.214 e. The van der Waals surface area contributed by atoms with Gasteiger partial charge in [0.2, 0.25) is 11.6 Å². The minimum Gasteiger partial charge on any atom is -0.398 e. The number of nitrogens with one attached hydrogen (secondary N) is 2. The van der Waals surface area contributed by atoms with Crippen molar-refractivity contribution in [1.29, 1.82) is 0 Å². The number of allylic oxidation sites excluding steroid dienone is 2. The fourth-order valence-electron chi connectivity index (χ4n) is 3.07. The van der Waals surface area contributed by atoms with Gasteiger partial charge < -0.3 is 16.4 Å². The third kappa shape index (κ3) is 3.06. The topological polar surface area (TPSA) is 84.2 Å². The van der Waals surface area contributed by atoms with Gasteiger partial charge in [0.25, 0.3) is 0 Å². The van der Waals surface area contributed by atoms with Crippen LogP contribution in [0.2, 0.25) is 0 Å². The zero-order valence-electron chi connectivity index (χ0n) is 14.4. The van der Waals surface area contributed by atoms with Crippen LogP contribution in [-0.4, -0.2) is 11.6 Å². The molecule has 1 aliphatic rings. The highest BCUT2D eigenvalue weighted by molar-refractivity contribution is 6.30. The van der Waals surface area contributed by atoms with Crippen molar-refractivity contribution in [2.45, 2.75) is 0 Å².